The van der Waals surface area contributed by atoms with Gasteiger partial charge >= 0.3 is 6.03 Å². The minimum atomic E-state index is -0.110. The van der Waals surface area contributed by atoms with Crippen LogP contribution in [-0.4, -0.2) is 43.2 Å². The van der Waals surface area contributed by atoms with E-state index in [0.717, 1.165) is 43.2 Å². The molecule has 138 valence electrons. The molecular formula is C20H31N3O2. The summed E-state index contributed by atoms with van der Waals surface area (Å²) >= 11 is 0. The van der Waals surface area contributed by atoms with Gasteiger partial charge in [-0.3, -0.25) is 0 Å². The number of nitrogens with zero attached hydrogens (tertiary/aromatic N) is 1. The molecule has 0 bridgehead atoms. The number of hydrogen-bond acceptors (Lipinski definition) is 3. The fourth-order valence-electron chi connectivity index (χ4n) is 4.04. The van der Waals surface area contributed by atoms with Crippen LogP contribution in [0.1, 0.15) is 57.1 Å². The average Bonchev–Trinajstić information content (AvgIpc) is 3.16. The monoisotopic (exact) mass is 345 g/mol. The lowest BCUT2D eigenvalue weighted by atomic mass is 10.0. The van der Waals surface area contributed by atoms with Crippen molar-refractivity contribution in [1.82, 2.24) is 10.2 Å². The van der Waals surface area contributed by atoms with E-state index in [-0.39, 0.29) is 18.2 Å². The van der Waals surface area contributed by atoms with E-state index in [1.54, 1.807) is 7.11 Å². The van der Waals surface area contributed by atoms with Crippen molar-refractivity contribution in [2.45, 2.75) is 63.6 Å². The van der Waals surface area contributed by atoms with Crippen molar-refractivity contribution in [2.75, 3.05) is 25.5 Å². The Morgan fingerprint density at radius 3 is 2.60 bits per heavy atom. The van der Waals surface area contributed by atoms with E-state index in [0.29, 0.717) is 0 Å². The first kappa shape index (κ1) is 18.2. The van der Waals surface area contributed by atoms with Gasteiger partial charge in [0.2, 0.25) is 0 Å². The van der Waals surface area contributed by atoms with Gasteiger partial charge in [-0.25, -0.2) is 4.79 Å². The first-order valence-electron chi connectivity index (χ1n) is 9.60. The highest BCUT2D eigenvalue weighted by Crippen LogP contribution is 2.26. The largest absolute Gasteiger partial charge is 0.377 e. The van der Waals surface area contributed by atoms with Crippen LogP contribution in [0.3, 0.4) is 0 Å². The summed E-state index contributed by atoms with van der Waals surface area (Å²) in [7, 11) is 1.69. The number of benzene rings is 1. The number of carbonyl (C=O) groups excluding carboxylic acids is 1. The Morgan fingerprint density at radius 2 is 1.92 bits per heavy atom. The minimum Gasteiger partial charge on any atom is -0.377 e. The SMILES string of the molecule is CO[C@H](C)c1cccc(NC(=O)NC2CCN(C3CCCC3)CC2)c1. The Hall–Kier alpha value is -1.59. The molecule has 1 heterocycles. The molecule has 1 aromatic carbocycles. The van der Waals surface area contributed by atoms with Crippen LogP contribution in [0.15, 0.2) is 24.3 Å². The molecule has 1 saturated heterocycles. The van der Waals surface area contributed by atoms with Crippen molar-refractivity contribution in [2.24, 2.45) is 0 Å². The number of hydrogen-bond donors (Lipinski definition) is 2. The highest BCUT2D eigenvalue weighted by molar-refractivity contribution is 5.89. The van der Waals surface area contributed by atoms with E-state index in [1.807, 2.05) is 31.2 Å². The molecule has 1 aliphatic heterocycles. The number of likely N-dealkylation sites (tertiary alicyclic amines) is 1. The Bertz CT molecular complexity index is 564. The lowest BCUT2D eigenvalue weighted by molar-refractivity contribution is 0.119. The Balaban J connectivity index is 1.45. The number of rotatable bonds is 5. The second kappa shape index (κ2) is 8.68. The summed E-state index contributed by atoms with van der Waals surface area (Å²) in [5.74, 6) is 0. The predicted octanol–water partition coefficient (Wildman–Crippen LogP) is 3.92. The van der Waals surface area contributed by atoms with Crippen LogP contribution in [0, 0.1) is 0 Å². The van der Waals surface area contributed by atoms with Crippen LogP contribution in [0.5, 0.6) is 0 Å². The summed E-state index contributed by atoms with van der Waals surface area (Å²) in [6.07, 6.45) is 7.58. The summed E-state index contributed by atoms with van der Waals surface area (Å²) in [5, 5.41) is 6.09. The van der Waals surface area contributed by atoms with Gasteiger partial charge in [0.05, 0.1) is 6.10 Å². The number of urea groups is 1. The zero-order valence-electron chi connectivity index (χ0n) is 15.5. The first-order valence-corrected chi connectivity index (χ1v) is 9.60. The van der Waals surface area contributed by atoms with Crippen LogP contribution in [-0.2, 0) is 4.74 Å². The van der Waals surface area contributed by atoms with E-state index in [4.69, 9.17) is 4.74 Å². The molecule has 0 unspecified atom stereocenters. The van der Waals surface area contributed by atoms with Gasteiger partial charge in [0.15, 0.2) is 0 Å². The molecule has 2 fully saturated rings. The van der Waals surface area contributed by atoms with Gasteiger partial charge < -0.3 is 20.3 Å². The van der Waals surface area contributed by atoms with E-state index < -0.39 is 0 Å². The molecule has 5 heteroatoms. The van der Waals surface area contributed by atoms with Crippen molar-refractivity contribution in [3.63, 3.8) is 0 Å². The molecule has 5 nitrogen and oxygen atoms in total. The molecular weight excluding hydrogens is 314 g/mol. The molecule has 25 heavy (non-hydrogen) atoms. The van der Waals surface area contributed by atoms with Crippen molar-refractivity contribution in [3.05, 3.63) is 29.8 Å². The number of methoxy groups -OCH3 is 1. The number of nitrogens with one attached hydrogen (secondary N) is 2. The molecule has 3 rings (SSSR count). The molecule has 1 aromatic rings. The van der Waals surface area contributed by atoms with Gasteiger partial charge in [-0.15, -0.1) is 0 Å². The molecule has 2 N–H and O–H groups in total. The maximum absolute atomic E-state index is 12.3. The fraction of sp³-hybridized carbons (Fsp3) is 0.650. The summed E-state index contributed by atoms with van der Waals surface area (Å²) in [4.78, 5) is 14.9. The fourth-order valence-corrected chi connectivity index (χ4v) is 4.04. The van der Waals surface area contributed by atoms with E-state index in [1.165, 1.54) is 25.7 Å². The van der Waals surface area contributed by atoms with Gasteiger partial charge in [0.25, 0.3) is 0 Å². The standard InChI is InChI=1S/C20H31N3O2/c1-15(25-2)16-6-5-7-18(14-16)22-20(24)21-17-10-12-23(13-11-17)19-8-3-4-9-19/h5-7,14-15,17,19H,3-4,8-13H2,1-2H3,(H2,21,22,24)/t15-/m1/s1. The number of carbonyl (C=O) groups is 1. The zero-order chi connectivity index (χ0) is 17.6. The van der Waals surface area contributed by atoms with Gasteiger partial charge in [-0.05, 0) is 50.3 Å². The van der Waals surface area contributed by atoms with Crippen molar-refractivity contribution >= 4 is 11.7 Å². The molecule has 0 spiro atoms. The van der Waals surface area contributed by atoms with Gasteiger partial charge in [-0.1, -0.05) is 25.0 Å². The number of ether oxygens (including phenoxy) is 1. The van der Waals surface area contributed by atoms with E-state index in [9.17, 15) is 4.79 Å². The molecule has 0 aromatic heterocycles. The van der Waals surface area contributed by atoms with E-state index in [2.05, 4.69) is 15.5 Å². The highest BCUT2D eigenvalue weighted by atomic mass is 16.5. The first-order chi connectivity index (χ1) is 12.2. The molecule has 1 saturated carbocycles. The summed E-state index contributed by atoms with van der Waals surface area (Å²) in [6.45, 7) is 4.21. The topological polar surface area (TPSA) is 53.6 Å². The summed E-state index contributed by atoms with van der Waals surface area (Å²) in [6, 6.07) is 8.79. The average molecular weight is 345 g/mol. The summed E-state index contributed by atoms with van der Waals surface area (Å²) in [5.41, 5.74) is 1.87. The second-order valence-electron chi connectivity index (χ2n) is 7.35. The van der Waals surface area contributed by atoms with Crippen LogP contribution >= 0.6 is 0 Å². The normalized spacial score (nSPS) is 21.2. The Kier molecular flexibility index (Phi) is 6.32. The van der Waals surface area contributed by atoms with E-state index >= 15 is 0 Å². The van der Waals surface area contributed by atoms with Gasteiger partial charge in [0.1, 0.15) is 0 Å². The minimum absolute atomic E-state index is 0.0183. The molecule has 1 atom stereocenters. The maximum Gasteiger partial charge on any atom is 0.319 e. The van der Waals surface area contributed by atoms with Crippen molar-refractivity contribution < 1.29 is 9.53 Å². The quantitative estimate of drug-likeness (QED) is 0.850. The van der Waals surface area contributed by atoms with Crippen LogP contribution in [0.25, 0.3) is 0 Å². The maximum atomic E-state index is 12.3. The second-order valence-corrected chi connectivity index (χ2v) is 7.35. The van der Waals surface area contributed by atoms with Gasteiger partial charge in [0, 0.05) is 38.0 Å². The smallest absolute Gasteiger partial charge is 0.319 e. The third-order valence-electron chi connectivity index (χ3n) is 5.67. The summed E-state index contributed by atoms with van der Waals surface area (Å²) < 4.78 is 5.34. The molecule has 1 aliphatic carbocycles. The third-order valence-corrected chi connectivity index (χ3v) is 5.67. The molecule has 2 aliphatic rings. The van der Waals surface area contributed by atoms with Crippen molar-refractivity contribution in [1.29, 1.82) is 0 Å². The Morgan fingerprint density at radius 1 is 1.20 bits per heavy atom. The molecule has 0 radical (unpaired) electrons. The van der Waals surface area contributed by atoms with Crippen LogP contribution in [0.4, 0.5) is 10.5 Å². The van der Waals surface area contributed by atoms with Crippen LogP contribution in [0.2, 0.25) is 0 Å². The third kappa shape index (κ3) is 4.95. The lowest BCUT2D eigenvalue weighted by Gasteiger charge is -2.36. The lowest BCUT2D eigenvalue weighted by Crippen LogP contribution is -2.48. The van der Waals surface area contributed by atoms with Crippen molar-refractivity contribution in [3.8, 4) is 0 Å². The predicted molar refractivity (Wildman–Crippen MR) is 101 cm³/mol. The van der Waals surface area contributed by atoms with Crippen LogP contribution < -0.4 is 10.6 Å². The number of anilines is 1. The Labute approximate surface area is 151 Å². The number of piperidine rings is 1. The number of amides is 2. The zero-order valence-corrected chi connectivity index (χ0v) is 15.5. The molecule has 2 amide bonds. The van der Waals surface area contributed by atoms with Gasteiger partial charge in [-0.2, -0.15) is 0 Å². The highest BCUT2D eigenvalue weighted by Gasteiger charge is 2.27.